The zero-order valence-corrected chi connectivity index (χ0v) is 9.14. The van der Waals surface area contributed by atoms with Crippen molar-refractivity contribution >= 4 is 0 Å². The standard InChI is InChI=1S/C12H14N2O2/c1-15-12-11(3-2-5-14-12)8-13-7-10-4-6-16-9-10/h2-6,9,13H,7-8H2,1H3. The van der Waals surface area contributed by atoms with Crippen LogP contribution in [0.25, 0.3) is 0 Å². The van der Waals surface area contributed by atoms with Crippen molar-refractivity contribution in [2.45, 2.75) is 13.1 Å². The Morgan fingerprint density at radius 3 is 3.06 bits per heavy atom. The molecular formula is C12H14N2O2. The van der Waals surface area contributed by atoms with E-state index in [2.05, 4.69) is 10.3 Å². The molecule has 0 aromatic carbocycles. The molecule has 0 fully saturated rings. The molecular weight excluding hydrogens is 204 g/mol. The van der Waals surface area contributed by atoms with Crippen LogP contribution in [0.5, 0.6) is 5.88 Å². The molecule has 0 saturated carbocycles. The van der Waals surface area contributed by atoms with E-state index >= 15 is 0 Å². The molecule has 0 saturated heterocycles. The first-order chi connectivity index (χ1) is 7.90. The number of aromatic nitrogens is 1. The zero-order valence-electron chi connectivity index (χ0n) is 9.14. The molecule has 0 aliphatic rings. The molecule has 4 heteroatoms. The van der Waals surface area contributed by atoms with Crippen molar-refractivity contribution in [2.75, 3.05) is 7.11 Å². The van der Waals surface area contributed by atoms with Gasteiger partial charge in [0.15, 0.2) is 0 Å². The Kier molecular flexibility index (Phi) is 3.56. The number of hydrogen-bond acceptors (Lipinski definition) is 4. The van der Waals surface area contributed by atoms with Gasteiger partial charge in [-0.1, -0.05) is 6.07 Å². The highest BCUT2D eigenvalue weighted by molar-refractivity contribution is 5.25. The predicted octanol–water partition coefficient (Wildman–Crippen LogP) is 1.97. The van der Waals surface area contributed by atoms with Gasteiger partial charge in [0.25, 0.3) is 0 Å². The maximum atomic E-state index is 5.16. The van der Waals surface area contributed by atoms with E-state index in [1.165, 1.54) is 0 Å². The fourth-order valence-electron chi connectivity index (χ4n) is 1.48. The number of pyridine rings is 1. The van der Waals surface area contributed by atoms with Crippen molar-refractivity contribution < 1.29 is 9.15 Å². The first-order valence-corrected chi connectivity index (χ1v) is 5.10. The van der Waals surface area contributed by atoms with Crippen molar-refractivity contribution in [2.24, 2.45) is 0 Å². The fourth-order valence-corrected chi connectivity index (χ4v) is 1.48. The van der Waals surface area contributed by atoms with Crippen LogP contribution in [0.1, 0.15) is 11.1 Å². The number of hydrogen-bond donors (Lipinski definition) is 1. The van der Waals surface area contributed by atoms with Crippen molar-refractivity contribution in [3.05, 3.63) is 48.0 Å². The highest BCUT2D eigenvalue weighted by Crippen LogP contribution is 2.13. The van der Waals surface area contributed by atoms with Crippen LogP contribution in [0.4, 0.5) is 0 Å². The number of nitrogens with zero attached hydrogens (tertiary/aromatic N) is 1. The second-order valence-corrected chi connectivity index (χ2v) is 3.41. The molecule has 0 aliphatic carbocycles. The van der Waals surface area contributed by atoms with Gasteiger partial charge in [-0.25, -0.2) is 4.98 Å². The van der Waals surface area contributed by atoms with Gasteiger partial charge in [-0.15, -0.1) is 0 Å². The molecule has 0 radical (unpaired) electrons. The van der Waals surface area contributed by atoms with E-state index in [4.69, 9.17) is 9.15 Å². The molecule has 0 bridgehead atoms. The summed E-state index contributed by atoms with van der Waals surface area (Å²) < 4.78 is 10.1. The summed E-state index contributed by atoms with van der Waals surface area (Å²) in [7, 11) is 1.63. The number of nitrogens with one attached hydrogen (secondary N) is 1. The fraction of sp³-hybridized carbons (Fsp3) is 0.250. The Bertz CT molecular complexity index is 426. The van der Waals surface area contributed by atoms with Gasteiger partial charge in [-0.3, -0.25) is 0 Å². The molecule has 2 heterocycles. The lowest BCUT2D eigenvalue weighted by atomic mass is 10.2. The van der Waals surface area contributed by atoms with E-state index in [0.29, 0.717) is 5.88 Å². The minimum Gasteiger partial charge on any atom is -0.481 e. The molecule has 0 spiro atoms. The van der Waals surface area contributed by atoms with Crippen LogP contribution in [0.15, 0.2) is 41.3 Å². The first-order valence-electron chi connectivity index (χ1n) is 5.10. The Morgan fingerprint density at radius 1 is 1.38 bits per heavy atom. The van der Waals surface area contributed by atoms with Gasteiger partial charge >= 0.3 is 0 Å². The van der Waals surface area contributed by atoms with Crippen LogP contribution >= 0.6 is 0 Å². The molecule has 2 aromatic rings. The summed E-state index contributed by atoms with van der Waals surface area (Å²) in [6, 6.07) is 5.83. The topological polar surface area (TPSA) is 47.3 Å². The van der Waals surface area contributed by atoms with E-state index in [1.807, 2.05) is 18.2 Å². The summed E-state index contributed by atoms with van der Waals surface area (Å²) in [4.78, 5) is 4.13. The smallest absolute Gasteiger partial charge is 0.217 e. The van der Waals surface area contributed by atoms with Gasteiger partial charge < -0.3 is 14.5 Å². The van der Waals surface area contributed by atoms with Crippen LogP contribution in [0.2, 0.25) is 0 Å². The Hall–Kier alpha value is -1.81. The van der Waals surface area contributed by atoms with Crippen molar-refractivity contribution in [3.63, 3.8) is 0 Å². The molecule has 2 aromatic heterocycles. The van der Waals surface area contributed by atoms with Crippen LogP contribution in [0.3, 0.4) is 0 Å². The van der Waals surface area contributed by atoms with E-state index in [1.54, 1.807) is 25.8 Å². The highest BCUT2D eigenvalue weighted by Gasteiger charge is 2.02. The second kappa shape index (κ2) is 5.32. The normalized spacial score (nSPS) is 10.3. The van der Waals surface area contributed by atoms with E-state index < -0.39 is 0 Å². The first kappa shape index (κ1) is 10.7. The van der Waals surface area contributed by atoms with Gasteiger partial charge in [0.1, 0.15) is 0 Å². The Labute approximate surface area is 94.3 Å². The van der Waals surface area contributed by atoms with Gasteiger partial charge in [0.05, 0.1) is 19.6 Å². The average molecular weight is 218 g/mol. The molecule has 0 amide bonds. The summed E-state index contributed by atoms with van der Waals surface area (Å²) in [6.07, 6.45) is 5.12. The maximum Gasteiger partial charge on any atom is 0.217 e. The maximum absolute atomic E-state index is 5.16. The third-order valence-corrected chi connectivity index (χ3v) is 2.27. The molecule has 0 aliphatic heterocycles. The average Bonchev–Trinajstić information content (AvgIpc) is 2.83. The minimum absolute atomic E-state index is 0.669. The molecule has 16 heavy (non-hydrogen) atoms. The lowest BCUT2D eigenvalue weighted by Gasteiger charge is -2.07. The lowest BCUT2D eigenvalue weighted by Crippen LogP contribution is -2.13. The third kappa shape index (κ3) is 2.61. The molecule has 0 atom stereocenters. The van der Waals surface area contributed by atoms with Crippen molar-refractivity contribution in [3.8, 4) is 5.88 Å². The zero-order chi connectivity index (χ0) is 11.2. The highest BCUT2D eigenvalue weighted by atomic mass is 16.5. The number of methoxy groups -OCH3 is 1. The number of furan rings is 1. The second-order valence-electron chi connectivity index (χ2n) is 3.41. The lowest BCUT2D eigenvalue weighted by molar-refractivity contribution is 0.390. The van der Waals surface area contributed by atoms with Crippen LogP contribution in [-0.2, 0) is 13.1 Å². The molecule has 2 rings (SSSR count). The third-order valence-electron chi connectivity index (χ3n) is 2.27. The van der Waals surface area contributed by atoms with Crippen LogP contribution < -0.4 is 10.1 Å². The molecule has 84 valence electrons. The predicted molar refractivity (Wildman–Crippen MR) is 60.0 cm³/mol. The Balaban J connectivity index is 1.89. The minimum atomic E-state index is 0.669. The van der Waals surface area contributed by atoms with Crippen molar-refractivity contribution in [1.29, 1.82) is 0 Å². The number of ether oxygens (including phenoxy) is 1. The van der Waals surface area contributed by atoms with Gasteiger partial charge in [-0.05, 0) is 12.1 Å². The van der Waals surface area contributed by atoms with Gasteiger partial charge in [0, 0.05) is 30.4 Å². The largest absolute Gasteiger partial charge is 0.481 e. The quantitative estimate of drug-likeness (QED) is 0.833. The summed E-state index contributed by atoms with van der Waals surface area (Å²) in [6.45, 7) is 1.50. The van der Waals surface area contributed by atoms with Crippen LogP contribution in [0, 0.1) is 0 Å². The summed E-state index contributed by atoms with van der Waals surface area (Å²) in [5.74, 6) is 0.669. The molecule has 0 unspecified atom stereocenters. The molecule has 4 nitrogen and oxygen atoms in total. The van der Waals surface area contributed by atoms with Gasteiger partial charge in [0.2, 0.25) is 5.88 Å². The SMILES string of the molecule is COc1ncccc1CNCc1ccoc1. The van der Waals surface area contributed by atoms with E-state index in [-0.39, 0.29) is 0 Å². The summed E-state index contributed by atoms with van der Waals surface area (Å²) >= 11 is 0. The molecule has 1 N–H and O–H groups in total. The summed E-state index contributed by atoms with van der Waals surface area (Å²) in [5.41, 5.74) is 2.18. The van der Waals surface area contributed by atoms with Crippen LogP contribution in [-0.4, -0.2) is 12.1 Å². The van der Waals surface area contributed by atoms with E-state index in [0.717, 1.165) is 24.2 Å². The Morgan fingerprint density at radius 2 is 2.31 bits per heavy atom. The monoisotopic (exact) mass is 218 g/mol. The van der Waals surface area contributed by atoms with Gasteiger partial charge in [-0.2, -0.15) is 0 Å². The van der Waals surface area contributed by atoms with Crippen molar-refractivity contribution in [1.82, 2.24) is 10.3 Å². The van der Waals surface area contributed by atoms with E-state index in [9.17, 15) is 0 Å². The number of rotatable bonds is 5. The summed E-state index contributed by atoms with van der Waals surface area (Å²) in [5, 5.41) is 3.30.